The Morgan fingerprint density at radius 1 is 1.33 bits per heavy atom. The van der Waals surface area contributed by atoms with Gasteiger partial charge in [-0.3, -0.25) is 4.79 Å². The summed E-state index contributed by atoms with van der Waals surface area (Å²) in [6.07, 6.45) is 0. The van der Waals surface area contributed by atoms with Crippen molar-refractivity contribution < 1.29 is 13.2 Å². The first-order chi connectivity index (χ1) is 9.73. The lowest BCUT2D eigenvalue weighted by molar-refractivity contribution is -0.117. The number of rotatable bonds is 6. The SMILES string of the molecule is CCN(CC)S(=O)(=O)c1cc(NC(=O)C(C)N)ccc1C. The third-order valence-electron chi connectivity index (χ3n) is 3.19. The van der Waals surface area contributed by atoms with Crippen LogP contribution in [-0.2, 0) is 14.8 Å². The van der Waals surface area contributed by atoms with Crippen LogP contribution in [0.25, 0.3) is 0 Å². The number of carbonyl (C=O) groups is 1. The molecule has 21 heavy (non-hydrogen) atoms. The highest BCUT2D eigenvalue weighted by Gasteiger charge is 2.24. The maximum Gasteiger partial charge on any atom is 0.243 e. The number of hydrogen-bond acceptors (Lipinski definition) is 4. The van der Waals surface area contributed by atoms with Crippen LogP contribution < -0.4 is 11.1 Å². The Bertz CT molecular complexity index is 608. The van der Waals surface area contributed by atoms with Crippen LogP contribution >= 0.6 is 0 Å². The second-order valence-corrected chi connectivity index (χ2v) is 6.75. The van der Waals surface area contributed by atoms with E-state index in [0.717, 1.165) is 0 Å². The molecule has 1 atom stereocenters. The topological polar surface area (TPSA) is 92.5 Å². The second kappa shape index (κ2) is 7.02. The molecule has 1 amide bonds. The van der Waals surface area contributed by atoms with Gasteiger partial charge in [-0.2, -0.15) is 4.31 Å². The van der Waals surface area contributed by atoms with Gasteiger partial charge >= 0.3 is 0 Å². The van der Waals surface area contributed by atoms with E-state index in [1.54, 1.807) is 39.8 Å². The van der Waals surface area contributed by atoms with Gasteiger partial charge in [0.2, 0.25) is 15.9 Å². The smallest absolute Gasteiger partial charge is 0.243 e. The number of aryl methyl sites for hydroxylation is 1. The Morgan fingerprint density at radius 3 is 2.38 bits per heavy atom. The van der Waals surface area contributed by atoms with E-state index in [-0.39, 0.29) is 10.8 Å². The summed E-state index contributed by atoms with van der Waals surface area (Å²) in [4.78, 5) is 11.8. The molecule has 0 aliphatic carbocycles. The number of anilines is 1. The monoisotopic (exact) mass is 313 g/mol. The minimum absolute atomic E-state index is 0.202. The molecule has 7 heteroatoms. The summed E-state index contributed by atoms with van der Waals surface area (Å²) in [6, 6.07) is 4.15. The maximum atomic E-state index is 12.6. The summed E-state index contributed by atoms with van der Waals surface area (Å²) in [5, 5.41) is 2.61. The summed E-state index contributed by atoms with van der Waals surface area (Å²) >= 11 is 0. The molecule has 0 bridgehead atoms. The van der Waals surface area contributed by atoms with Crippen LogP contribution in [0.5, 0.6) is 0 Å². The lowest BCUT2D eigenvalue weighted by atomic mass is 10.2. The molecular formula is C14H23N3O3S. The molecule has 0 saturated carbocycles. The van der Waals surface area contributed by atoms with E-state index >= 15 is 0 Å². The fourth-order valence-electron chi connectivity index (χ4n) is 1.91. The van der Waals surface area contributed by atoms with E-state index in [1.165, 1.54) is 10.4 Å². The highest BCUT2D eigenvalue weighted by atomic mass is 32.2. The molecule has 3 N–H and O–H groups in total. The molecule has 1 aromatic rings. The zero-order valence-corrected chi connectivity index (χ0v) is 13.7. The van der Waals surface area contributed by atoms with Crippen molar-refractivity contribution in [1.82, 2.24) is 4.31 Å². The summed E-state index contributed by atoms with van der Waals surface area (Å²) in [5.41, 5.74) is 6.55. The summed E-state index contributed by atoms with van der Waals surface area (Å²) in [6.45, 7) is 7.67. The van der Waals surface area contributed by atoms with Gasteiger partial charge in [0.05, 0.1) is 10.9 Å². The van der Waals surface area contributed by atoms with Crippen LogP contribution in [-0.4, -0.2) is 37.8 Å². The Kier molecular flexibility index (Phi) is 5.88. The van der Waals surface area contributed by atoms with Gasteiger partial charge in [0.25, 0.3) is 0 Å². The van der Waals surface area contributed by atoms with Crippen LogP contribution in [0, 0.1) is 6.92 Å². The molecule has 0 radical (unpaired) electrons. The fraction of sp³-hybridized carbons (Fsp3) is 0.500. The van der Waals surface area contributed by atoms with Gasteiger partial charge in [-0.15, -0.1) is 0 Å². The summed E-state index contributed by atoms with van der Waals surface area (Å²) in [7, 11) is -3.56. The Balaban J connectivity index is 3.22. The highest BCUT2D eigenvalue weighted by Crippen LogP contribution is 2.23. The predicted molar refractivity (Wildman–Crippen MR) is 83.6 cm³/mol. The van der Waals surface area contributed by atoms with Gasteiger partial charge in [0.15, 0.2) is 0 Å². The molecule has 6 nitrogen and oxygen atoms in total. The molecule has 0 heterocycles. The van der Waals surface area contributed by atoms with Crippen molar-refractivity contribution in [3.05, 3.63) is 23.8 Å². The van der Waals surface area contributed by atoms with Crippen molar-refractivity contribution in [2.45, 2.75) is 38.6 Å². The largest absolute Gasteiger partial charge is 0.325 e. The second-order valence-electron chi connectivity index (χ2n) is 4.85. The van der Waals surface area contributed by atoms with Gasteiger partial charge in [0, 0.05) is 18.8 Å². The zero-order chi connectivity index (χ0) is 16.2. The number of benzene rings is 1. The van der Waals surface area contributed by atoms with Gasteiger partial charge in [-0.25, -0.2) is 8.42 Å². The van der Waals surface area contributed by atoms with Gasteiger partial charge in [0.1, 0.15) is 0 Å². The molecule has 0 aliphatic rings. The molecule has 0 saturated heterocycles. The van der Waals surface area contributed by atoms with E-state index in [1.807, 2.05) is 0 Å². The number of nitrogens with zero attached hydrogens (tertiary/aromatic N) is 1. The molecular weight excluding hydrogens is 290 g/mol. The lowest BCUT2D eigenvalue weighted by Gasteiger charge is -2.20. The third-order valence-corrected chi connectivity index (χ3v) is 5.38. The average molecular weight is 313 g/mol. The van der Waals surface area contributed by atoms with Crippen molar-refractivity contribution in [2.24, 2.45) is 5.73 Å². The van der Waals surface area contributed by atoms with Crippen molar-refractivity contribution in [2.75, 3.05) is 18.4 Å². The van der Waals surface area contributed by atoms with Crippen molar-refractivity contribution in [3.63, 3.8) is 0 Å². The van der Waals surface area contributed by atoms with E-state index < -0.39 is 16.1 Å². The standard InChI is InChI=1S/C14H23N3O3S/c1-5-17(6-2)21(19,20)13-9-12(8-7-10(13)3)16-14(18)11(4)15/h7-9,11H,5-6,15H2,1-4H3,(H,16,18). The fourth-order valence-corrected chi connectivity index (χ4v) is 3.62. The highest BCUT2D eigenvalue weighted by molar-refractivity contribution is 7.89. The normalized spacial score (nSPS) is 13.2. The Hall–Kier alpha value is -1.44. The molecule has 0 fully saturated rings. The quantitative estimate of drug-likeness (QED) is 0.828. The van der Waals surface area contributed by atoms with Crippen LogP contribution in [0.4, 0.5) is 5.69 Å². The molecule has 0 aliphatic heterocycles. The number of sulfonamides is 1. The molecule has 1 rings (SSSR count). The Morgan fingerprint density at radius 2 is 1.90 bits per heavy atom. The molecule has 1 aromatic carbocycles. The average Bonchev–Trinajstić information content (AvgIpc) is 2.41. The summed E-state index contributed by atoms with van der Waals surface area (Å²) in [5.74, 6) is -0.356. The first-order valence-corrected chi connectivity index (χ1v) is 8.35. The van der Waals surface area contributed by atoms with Gasteiger partial charge in [-0.05, 0) is 31.5 Å². The number of carbonyl (C=O) groups excluding carboxylic acids is 1. The van der Waals surface area contributed by atoms with Crippen LogP contribution in [0.15, 0.2) is 23.1 Å². The van der Waals surface area contributed by atoms with Gasteiger partial charge in [-0.1, -0.05) is 19.9 Å². The van der Waals surface area contributed by atoms with Crippen molar-refractivity contribution in [3.8, 4) is 0 Å². The Labute approximate surface area is 126 Å². The van der Waals surface area contributed by atoms with E-state index in [0.29, 0.717) is 24.3 Å². The summed E-state index contributed by atoms with van der Waals surface area (Å²) < 4.78 is 26.5. The number of nitrogens with two attached hydrogens (primary N) is 1. The minimum atomic E-state index is -3.56. The van der Waals surface area contributed by atoms with Crippen LogP contribution in [0.1, 0.15) is 26.3 Å². The molecule has 0 spiro atoms. The molecule has 1 unspecified atom stereocenters. The lowest BCUT2D eigenvalue weighted by Crippen LogP contribution is -2.33. The molecule has 118 valence electrons. The zero-order valence-electron chi connectivity index (χ0n) is 12.9. The molecule has 0 aromatic heterocycles. The number of nitrogens with one attached hydrogen (secondary N) is 1. The minimum Gasteiger partial charge on any atom is -0.325 e. The van der Waals surface area contributed by atoms with Crippen molar-refractivity contribution >= 4 is 21.6 Å². The first-order valence-electron chi connectivity index (χ1n) is 6.91. The van der Waals surface area contributed by atoms with E-state index in [9.17, 15) is 13.2 Å². The predicted octanol–water partition coefficient (Wildman–Crippen LogP) is 1.31. The third kappa shape index (κ3) is 4.03. The van der Waals surface area contributed by atoms with Crippen molar-refractivity contribution in [1.29, 1.82) is 0 Å². The first kappa shape index (κ1) is 17.6. The van der Waals surface area contributed by atoms with Crippen LogP contribution in [0.3, 0.4) is 0 Å². The van der Waals surface area contributed by atoms with Gasteiger partial charge < -0.3 is 11.1 Å². The van der Waals surface area contributed by atoms with E-state index in [2.05, 4.69) is 5.32 Å². The van der Waals surface area contributed by atoms with Crippen LogP contribution in [0.2, 0.25) is 0 Å². The maximum absolute atomic E-state index is 12.6. The number of hydrogen-bond donors (Lipinski definition) is 2. The number of amides is 1. The van der Waals surface area contributed by atoms with E-state index in [4.69, 9.17) is 5.73 Å².